The highest BCUT2D eigenvalue weighted by Gasteiger charge is 2.63. The Balaban J connectivity index is 2.49. The molecule has 0 aliphatic carbocycles. The molecule has 1 saturated heterocycles. The SMILES string of the molecule is CCOC(=O)[C@]1(Cc2ccccc2)C/C(=C\C(=O)OC)O[C@]1(C)OC. The summed E-state index contributed by atoms with van der Waals surface area (Å²) in [7, 11) is 2.76. The molecule has 1 aliphatic rings. The van der Waals surface area contributed by atoms with Crippen LogP contribution < -0.4 is 0 Å². The van der Waals surface area contributed by atoms with Gasteiger partial charge in [-0.3, -0.25) is 4.79 Å². The van der Waals surface area contributed by atoms with Gasteiger partial charge in [0.25, 0.3) is 0 Å². The lowest BCUT2D eigenvalue weighted by Crippen LogP contribution is -2.51. The first kappa shape index (κ1) is 19.0. The molecule has 1 aromatic carbocycles. The van der Waals surface area contributed by atoms with E-state index in [-0.39, 0.29) is 13.0 Å². The van der Waals surface area contributed by atoms with Crippen LogP contribution in [0.25, 0.3) is 0 Å². The van der Waals surface area contributed by atoms with Crippen LogP contribution in [-0.2, 0) is 35.0 Å². The van der Waals surface area contributed by atoms with Crippen molar-refractivity contribution in [1.82, 2.24) is 0 Å². The lowest BCUT2D eigenvalue weighted by atomic mass is 9.73. The van der Waals surface area contributed by atoms with Gasteiger partial charge < -0.3 is 18.9 Å². The number of hydrogen-bond donors (Lipinski definition) is 0. The van der Waals surface area contributed by atoms with Crippen molar-refractivity contribution in [2.24, 2.45) is 5.41 Å². The highest BCUT2D eigenvalue weighted by molar-refractivity contribution is 5.84. The first-order valence-corrected chi connectivity index (χ1v) is 8.14. The zero-order valence-corrected chi connectivity index (χ0v) is 15.0. The minimum Gasteiger partial charge on any atom is -0.466 e. The van der Waals surface area contributed by atoms with E-state index in [4.69, 9.17) is 14.2 Å². The van der Waals surface area contributed by atoms with Gasteiger partial charge in [-0.1, -0.05) is 30.3 Å². The van der Waals surface area contributed by atoms with Gasteiger partial charge in [0.2, 0.25) is 5.79 Å². The summed E-state index contributed by atoms with van der Waals surface area (Å²) in [5, 5.41) is 0. The van der Waals surface area contributed by atoms with Gasteiger partial charge in [0.05, 0.1) is 19.8 Å². The zero-order chi connectivity index (χ0) is 18.5. The third-order valence-corrected chi connectivity index (χ3v) is 4.56. The number of rotatable bonds is 6. The monoisotopic (exact) mass is 348 g/mol. The molecule has 1 aromatic rings. The van der Waals surface area contributed by atoms with Gasteiger partial charge in [-0.25, -0.2) is 4.79 Å². The molecule has 1 fully saturated rings. The van der Waals surface area contributed by atoms with E-state index >= 15 is 0 Å². The van der Waals surface area contributed by atoms with Gasteiger partial charge in [0.15, 0.2) is 0 Å². The molecule has 1 aliphatic heterocycles. The molecule has 2 rings (SSSR count). The predicted octanol–water partition coefficient (Wildman–Crippen LogP) is 2.62. The van der Waals surface area contributed by atoms with E-state index in [9.17, 15) is 9.59 Å². The first-order valence-electron chi connectivity index (χ1n) is 8.14. The van der Waals surface area contributed by atoms with Crippen molar-refractivity contribution in [1.29, 1.82) is 0 Å². The topological polar surface area (TPSA) is 71.1 Å². The number of allylic oxidation sites excluding steroid dienone is 1. The fourth-order valence-corrected chi connectivity index (χ4v) is 3.12. The fraction of sp³-hybridized carbons (Fsp3) is 0.474. The summed E-state index contributed by atoms with van der Waals surface area (Å²) in [6, 6.07) is 9.57. The van der Waals surface area contributed by atoms with E-state index in [1.165, 1.54) is 20.3 Å². The summed E-state index contributed by atoms with van der Waals surface area (Å²) in [5.41, 5.74) is -0.166. The largest absolute Gasteiger partial charge is 0.466 e. The molecular weight excluding hydrogens is 324 g/mol. The minimum atomic E-state index is -1.27. The van der Waals surface area contributed by atoms with E-state index in [0.717, 1.165) is 5.56 Å². The molecule has 0 radical (unpaired) electrons. The number of carbonyl (C=O) groups excluding carboxylic acids is 2. The quantitative estimate of drug-likeness (QED) is 0.581. The van der Waals surface area contributed by atoms with Gasteiger partial charge in [0, 0.05) is 20.5 Å². The third-order valence-electron chi connectivity index (χ3n) is 4.56. The Morgan fingerprint density at radius 1 is 1.24 bits per heavy atom. The van der Waals surface area contributed by atoms with Crippen molar-refractivity contribution in [3.05, 3.63) is 47.7 Å². The molecular formula is C19H24O6. The van der Waals surface area contributed by atoms with Gasteiger partial charge in [-0.15, -0.1) is 0 Å². The fourth-order valence-electron chi connectivity index (χ4n) is 3.12. The van der Waals surface area contributed by atoms with Crippen molar-refractivity contribution < 1.29 is 28.5 Å². The number of esters is 2. The summed E-state index contributed by atoms with van der Waals surface area (Å²) >= 11 is 0. The van der Waals surface area contributed by atoms with E-state index in [1.807, 2.05) is 30.3 Å². The Kier molecular flexibility index (Phi) is 5.85. The first-order chi connectivity index (χ1) is 11.9. The minimum absolute atomic E-state index is 0.181. The number of methoxy groups -OCH3 is 2. The average molecular weight is 348 g/mol. The van der Waals surface area contributed by atoms with Crippen LogP contribution in [0, 0.1) is 5.41 Å². The van der Waals surface area contributed by atoms with Crippen molar-refractivity contribution in [2.45, 2.75) is 32.5 Å². The van der Waals surface area contributed by atoms with E-state index in [2.05, 4.69) is 4.74 Å². The second kappa shape index (κ2) is 7.70. The second-order valence-corrected chi connectivity index (χ2v) is 6.03. The predicted molar refractivity (Wildman–Crippen MR) is 90.4 cm³/mol. The van der Waals surface area contributed by atoms with E-state index in [0.29, 0.717) is 12.2 Å². The molecule has 0 saturated carbocycles. The van der Waals surface area contributed by atoms with Crippen LogP contribution in [0.4, 0.5) is 0 Å². The van der Waals surface area contributed by atoms with Crippen LogP contribution >= 0.6 is 0 Å². The van der Waals surface area contributed by atoms with E-state index in [1.54, 1.807) is 13.8 Å². The molecule has 0 spiro atoms. The summed E-state index contributed by atoms with van der Waals surface area (Å²) in [6.45, 7) is 3.68. The Hall–Kier alpha value is -2.34. The smallest absolute Gasteiger partial charge is 0.333 e. The molecule has 2 atom stereocenters. The Morgan fingerprint density at radius 2 is 1.92 bits per heavy atom. The molecule has 0 unspecified atom stereocenters. The molecule has 25 heavy (non-hydrogen) atoms. The molecule has 1 heterocycles. The van der Waals surface area contributed by atoms with Crippen LogP contribution in [0.3, 0.4) is 0 Å². The maximum atomic E-state index is 12.9. The molecule has 6 heteroatoms. The van der Waals surface area contributed by atoms with Crippen LogP contribution in [0.5, 0.6) is 0 Å². The Labute approximate surface area is 147 Å². The van der Waals surface area contributed by atoms with Gasteiger partial charge >= 0.3 is 11.9 Å². The maximum absolute atomic E-state index is 12.9. The molecule has 136 valence electrons. The van der Waals surface area contributed by atoms with Gasteiger partial charge in [0.1, 0.15) is 11.2 Å². The zero-order valence-electron chi connectivity index (χ0n) is 15.0. The summed E-state index contributed by atoms with van der Waals surface area (Å²) in [4.78, 5) is 24.5. The highest BCUT2D eigenvalue weighted by atomic mass is 16.7. The van der Waals surface area contributed by atoms with E-state index < -0.39 is 23.1 Å². The van der Waals surface area contributed by atoms with Crippen molar-refractivity contribution in [3.63, 3.8) is 0 Å². The van der Waals surface area contributed by atoms with Gasteiger partial charge in [-0.05, 0) is 18.9 Å². The van der Waals surface area contributed by atoms with Crippen LogP contribution in [0.15, 0.2) is 42.2 Å². The average Bonchev–Trinajstić information content (AvgIpc) is 2.89. The normalized spacial score (nSPS) is 27.0. The maximum Gasteiger partial charge on any atom is 0.333 e. The van der Waals surface area contributed by atoms with Gasteiger partial charge in [-0.2, -0.15) is 0 Å². The summed E-state index contributed by atoms with van der Waals surface area (Å²) in [5.74, 6) is -1.90. The number of benzene rings is 1. The Morgan fingerprint density at radius 3 is 2.48 bits per heavy atom. The second-order valence-electron chi connectivity index (χ2n) is 6.03. The Bertz CT molecular complexity index is 653. The lowest BCUT2D eigenvalue weighted by molar-refractivity contribution is -0.231. The van der Waals surface area contributed by atoms with Crippen molar-refractivity contribution in [2.75, 3.05) is 20.8 Å². The lowest BCUT2D eigenvalue weighted by Gasteiger charge is -2.38. The highest BCUT2D eigenvalue weighted by Crippen LogP contribution is 2.51. The third kappa shape index (κ3) is 3.69. The van der Waals surface area contributed by atoms with Crippen LogP contribution in [-0.4, -0.2) is 38.6 Å². The van der Waals surface area contributed by atoms with Crippen molar-refractivity contribution >= 4 is 11.9 Å². The van der Waals surface area contributed by atoms with Crippen LogP contribution in [0.2, 0.25) is 0 Å². The molecule has 0 amide bonds. The van der Waals surface area contributed by atoms with Crippen molar-refractivity contribution in [3.8, 4) is 0 Å². The van der Waals surface area contributed by atoms with Crippen LogP contribution in [0.1, 0.15) is 25.8 Å². The molecule has 0 aromatic heterocycles. The summed E-state index contributed by atoms with van der Waals surface area (Å²) in [6.07, 6.45) is 1.78. The molecule has 6 nitrogen and oxygen atoms in total. The number of hydrogen-bond acceptors (Lipinski definition) is 6. The number of carbonyl (C=O) groups is 2. The number of ether oxygens (including phenoxy) is 4. The molecule has 0 N–H and O–H groups in total. The summed E-state index contributed by atoms with van der Waals surface area (Å²) < 4.78 is 21.4. The molecule has 0 bridgehead atoms. The standard InChI is InChI=1S/C19H24O6/c1-5-24-17(21)19(12-14-9-7-6-8-10-14)13-15(11-16(20)22-3)25-18(19,2)23-4/h6-11H,5,12-13H2,1-4H3/b15-11+/t18-,19-/m0/s1.